The van der Waals surface area contributed by atoms with E-state index in [9.17, 15) is 4.79 Å². The summed E-state index contributed by atoms with van der Waals surface area (Å²) in [4.78, 5) is 15.7. The fourth-order valence-corrected chi connectivity index (χ4v) is 2.21. The molecule has 0 aromatic carbocycles. The molecule has 2 rings (SSSR count). The highest BCUT2D eigenvalue weighted by Crippen LogP contribution is 2.27. The second-order valence-electron chi connectivity index (χ2n) is 3.24. The summed E-state index contributed by atoms with van der Waals surface area (Å²) in [6.45, 7) is 0. The van der Waals surface area contributed by atoms with Gasteiger partial charge in [0, 0.05) is 13.2 Å². The van der Waals surface area contributed by atoms with E-state index in [1.807, 2.05) is 13.2 Å². The molecule has 2 aromatic rings. The van der Waals surface area contributed by atoms with Gasteiger partial charge in [-0.15, -0.1) is 0 Å². The first kappa shape index (κ1) is 11.9. The van der Waals surface area contributed by atoms with Crippen molar-refractivity contribution < 1.29 is 9.90 Å². The minimum absolute atomic E-state index is 0.132. The van der Waals surface area contributed by atoms with Gasteiger partial charge >= 0.3 is 5.97 Å². The van der Waals surface area contributed by atoms with Crippen LogP contribution in [0.1, 0.15) is 10.5 Å². The van der Waals surface area contributed by atoms with Crippen molar-refractivity contribution in [3.05, 3.63) is 35.2 Å². The van der Waals surface area contributed by atoms with E-state index >= 15 is 0 Å². The van der Waals surface area contributed by atoms with Crippen LogP contribution in [0.3, 0.4) is 0 Å². The average Bonchev–Trinajstić information content (AvgIpc) is 2.66. The smallest absolute Gasteiger partial charge is 0.356 e. The molecule has 0 bridgehead atoms. The van der Waals surface area contributed by atoms with Gasteiger partial charge in [0.1, 0.15) is 5.03 Å². The lowest BCUT2D eigenvalue weighted by atomic mass is 10.3. The monoisotopic (exact) mass is 269 g/mol. The van der Waals surface area contributed by atoms with E-state index in [-0.39, 0.29) is 10.7 Å². The molecule has 2 aromatic heterocycles. The lowest BCUT2D eigenvalue weighted by molar-refractivity contribution is 0.0690. The number of pyridine rings is 1. The molecular weight excluding hydrogens is 262 g/mol. The Morgan fingerprint density at radius 1 is 1.53 bits per heavy atom. The van der Waals surface area contributed by atoms with Crippen LogP contribution in [0.15, 0.2) is 34.4 Å². The van der Waals surface area contributed by atoms with Gasteiger partial charge in [0.05, 0.1) is 16.1 Å². The molecule has 0 atom stereocenters. The van der Waals surface area contributed by atoms with Crippen LogP contribution >= 0.6 is 23.4 Å². The number of carboxylic acid groups (broad SMARTS) is 1. The van der Waals surface area contributed by atoms with Crippen LogP contribution in [0, 0.1) is 0 Å². The fourth-order valence-electron chi connectivity index (χ4n) is 1.20. The third-order valence-electron chi connectivity index (χ3n) is 1.93. The van der Waals surface area contributed by atoms with Crippen LogP contribution in [-0.4, -0.2) is 25.8 Å². The molecule has 7 heteroatoms. The van der Waals surface area contributed by atoms with Gasteiger partial charge in [0.25, 0.3) is 0 Å². The molecule has 5 nitrogen and oxygen atoms in total. The molecule has 0 saturated carbocycles. The van der Waals surface area contributed by atoms with Gasteiger partial charge < -0.3 is 5.11 Å². The number of carbonyl (C=O) groups is 1. The van der Waals surface area contributed by atoms with Gasteiger partial charge in [0.15, 0.2) is 5.69 Å². The van der Waals surface area contributed by atoms with Gasteiger partial charge in [-0.3, -0.25) is 4.68 Å². The lowest BCUT2D eigenvalue weighted by Crippen LogP contribution is -2.01. The summed E-state index contributed by atoms with van der Waals surface area (Å²) in [6, 6.07) is 3.20. The number of carboxylic acids is 1. The number of aromatic carboxylic acids is 1. The summed E-state index contributed by atoms with van der Waals surface area (Å²) in [5.41, 5.74) is -0.138. The van der Waals surface area contributed by atoms with Crippen molar-refractivity contribution in [3.63, 3.8) is 0 Å². The number of hydrogen-bond donors (Lipinski definition) is 1. The summed E-state index contributed by atoms with van der Waals surface area (Å²) in [6.07, 6.45) is 3.50. The van der Waals surface area contributed by atoms with Crippen molar-refractivity contribution in [1.29, 1.82) is 0 Å². The Kier molecular flexibility index (Phi) is 3.35. The van der Waals surface area contributed by atoms with Crippen molar-refractivity contribution in [2.45, 2.75) is 9.92 Å². The predicted octanol–water partition coefficient (Wildman–Crippen LogP) is 2.32. The van der Waals surface area contributed by atoms with E-state index in [2.05, 4.69) is 10.1 Å². The summed E-state index contributed by atoms with van der Waals surface area (Å²) < 4.78 is 1.66. The third-order valence-corrected chi connectivity index (χ3v) is 3.11. The highest BCUT2D eigenvalue weighted by atomic mass is 35.5. The largest absolute Gasteiger partial charge is 0.476 e. The molecule has 88 valence electrons. The summed E-state index contributed by atoms with van der Waals surface area (Å²) in [7, 11) is 1.81. The van der Waals surface area contributed by atoms with E-state index in [0.717, 1.165) is 4.90 Å². The number of hydrogen-bond acceptors (Lipinski definition) is 4. The first-order valence-electron chi connectivity index (χ1n) is 4.62. The summed E-state index contributed by atoms with van der Waals surface area (Å²) in [5, 5.41) is 13.6. The molecule has 0 aliphatic heterocycles. The predicted molar refractivity (Wildman–Crippen MR) is 63.5 cm³/mol. The standard InChI is InChI=1S/C10H8ClN3O2S/c1-14-5-6(4-12-14)17-8-3-2-7(11)9(13-8)10(15)16/h2-5H,1H3,(H,15,16). The van der Waals surface area contributed by atoms with Gasteiger partial charge in [-0.25, -0.2) is 9.78 Å². The molecular formula is C10H8ClN3O2S. The fraction of sp³-hybridized carbons (Fsp3) is 0.100. The number of rotatable bonds is 3. The van der Waals surface area contributed by atoms with E-state index in [4.69, 9.17) is 16.7 Å². The van der Waals surface area contributed by atoms with Gasteiger partial charge in [-0.1, -0.05) is 23.4 Å². The maximum absolute atomic E-state index is 10.9. The number of halogens is 1. The molecule has 0 fully saturated rings. The molecule has 17 heavy (non-hydrogen) atoms. The van der Waals surface area contributed by atoms with Crippen LogP contribution in [0.2, 0.25) is 5.02 Å². The van der Waals surface area contributed by atoms with Crippen molar-refractivity contribution >= 4 is 29.3 Å². The van der Waals surface area contributed by atoms with Gasteiger partial charge in [0.2, 0.25) is 0 Å². The molecule has 0 aliphatic carbocycles. The minimum atomic E-state index is -1.14. The highest BCUT2D eigenvalue weighted by molar-refractivity contribution is 7.99. The van der Waals surface area contributed by atoms with Crippen molar-refractivity contribution in [1.82, 2.24) is 14.8 Å². The van der Waals surface area contributed by atoms with Gasteiger partial charge in [-0.05, 0) is 12.1 Å². The normalized spacial score (nSPS) is 10.5. The maximum Gasteiger partial charge on any atom is 0.356 e. The average molecular weight is 270 g/mol. The Labute approximate surface area is 106 Å². The van der Waals surface area contributed by atoms with Crippen LogP contribution in [0.25, 0.3) is 0 Å². The quantitative estimate of drug-likeness (QED) is 0.926. The second kappa shape index (κ2) is 4.77. The van der Waals surface area contributed by atoms with Crippen LogP contribution < -0.4 is 0 Å². The van der Waals surface area contributed by atoms with Crippen LogP contribution in [0.4, 0.5) is 0 Å². The van der Waals surface area contributed by atoms with Crippen molar-refractivity contribution in [2.24, 2.45) is 7.05 Å². The first-order valence-corrected chi connectivity index (χ1v) is 5.82. The van der Waals surface area contributed by atoms with Crippen LogP contribution in [0.5, 0.6) is 0 Å². The van der Waals surface area contributed by atoms with E-state index in [0.29, 0.717) is 5.03 Å². The number of aromatic nitrogens is 3. The molecule has 0 amide bonds. The summed E-state index contributed by atoms with van der Waals surface area (Å²) in [5.74, 6) is -1.14. The highest BCUT2D eigenvalue weighted by Gasteiger charge is 2.12. The lowest BCUT2D eigenvalue weighted by Gasteiger charge is -2.01. The molecule has 0 radical (unpaired) electrons. The third kappa shape index (κ3) is 2.78. The number of nitrogens with zero attached hydrogens (tertiary/aromatic N) is 3. The summed E-state index contributed by atoms with van der Waals surface area (Å²) >= 11 is 7.06. The molecule has 0 unspecified atom stereocenters. The van der Waals surface area contributed by atoms with Crippen molar-refractivity contribution in [2.75, 3.05) is 0 Å². The van der Waals surface area contributed by atoms with Crippen LogP contribution in [-0.2, 0) is 7.05 Å². The zero-order valence-corrected chi connectivity index (χ0v) is 10.4. The molecule has 0 saturated heterocycles. The minimum Gasteiger partial charge on any atom is -0.476 e. The van der Waals surface area contributed by atoms with E-state index in [1.54, 1.807) is 16.9 Å². The van der Waals surface area contributed by atoms with Crippen molar-refractivity contribution in [3.8, 4) is 0 Å². The number of aryl methyl sites for hydroxylation is 1. The van der Waals surface area contributed by atoms with Gasteiger partial charge in [-0.2, -0.15) is 5.10 Å². The second-order valence-corrected chi connectivity index (χ2v) is 4.74. The molecule has 0 aliphatic rings. The zero-order valence-electron chi connectivity index (χ0n) is 8.79. The molecule has 2 heterocycles. The Balaban J connectivity index is 2.28. The van der Waals surface area contributed by atoms with E-state index < -0.39 is 5.97 Å². The van der Waals surface area contributed by atoms with E-state index in [1.165, 1.54) is 17.8 Å². The Morgan fingerprint density at radius 3 is 2.88 bits per heavy atom. The first-order chi connectivity index (χ1) is 8.06. The maximum atomic E-state index is 10.9. The Morgan fingerprint density at radius 2 is 2.29 bits per heavy atom. The molecule has 0 spiro atoms. The Bertz CT molecular complexity index is 570. The topological polar surface area (TPSA) is 68.0 Å². The molecule has 1 N–H and O–H groups in total. The Hall–Kier alpha value is -1.53. The SMILES string of the molecule is Cn1cc(Sc2ccc(Cl)c(C(=O)O)n2)cn1. The zero-order chi connectivity index (χ0) is 12.4.